The molecule has 5 heteroatoms. The van der Waals surface area contributed by atoms with Gasteiger partial charge in [0.05, 0.1) is 5.56 Å². The summed E-state index contributed by atoms with van der Waals surface area (Å²) >= 11 is 5.96. The number of nitrogens with zero attached hydrogens (tertiary/aromatic N) is 1. The number of carbonyl (C=O) groups is 1. The monoisotopic (exact) mass is 295 g/mol. The summed E-state index contributed by atoms with van der Waals surface area (Å²) in [7, 11) is 1.80. The van der Waals surface area contributed by atoms with Gasteiger partial charge in [0.25, 0.3) is 5.91 Å². The van der Waals surface area contributed by atoms with Crippen LogP contribution in [0.25, 0.3) is 0 Å². The number of nitrogens with one attached hydrogen (secondary N) is 2. The maximum Gasteiger partial charge on any atom is 0.253 e. The minimum atomic E-state index is -0.0799. The number of benzene rings is 1. The van der Waals surface area contributed by atoms with E-state index in [4.69, 9.17) is 11.6 Å². The zero-order valence-corrected chi connectivity index (χ0v) is 12.8. The summed E-state index contributed by atoms with van der Waals surface area (Å²) in [6.07, 6.45) is 2.58. The average molecular weight is 296 g/mol. The van der Waals surface area contributed by atoms with Gasteiger partial charge in [-0.05, 0) is 37.6 Å². The van der Waals surface area contributed by atoms with Crippen molar-refractivity contribution in [1.29, 1.82) is 0 Å². The predicted molar refractivity (Wildman–Crippen MR) is 83.6 cm³/mol. The standard InChI is InChI=1S/C15H22ClN3O/c1-3-19(12-5-6-12)9-8-18-15(20)13-10-11(16)4-7-14(13)17-2/h4,7,10,12,17H,3,5-6,8-9H2,1-2H3,(H,18,20). The molecule has 4 nitrogen and oxygen atoms in total. The van der Waals surface area contributed by atoms with Gasteiger partial charge in [-0.25, -0.2) is 0 Å². The van der Waals surface area contributed by atoms with Crippen LogP contribution in [0.3, 0.4) is 0 Å². The van der Waals surface area contributed by atoms with Gasteiger partial charge in [-0.2, -0.15) is 0 Å². The maximum absolute atomic E-state index is 12.2. The van der Waals surface area contributed by atoms with E-state index in [9.17, 15) is 4.79 Å². The molecule has 1 aromatic rings. The third-order valence-corrected chi connectivity index (χ3v) is 3.88. The van der Waals surface area contributed by atoms with Crippen LogP contribution in [0.2, 0.25) is 5.02 Å². The molecule has 1 saturated carbocycles. The molecule has 0 radical (unpaired) electrons. The van der Waals surface area contributed by atoms with Crippen molar-refractivity contribution in [1.82, 2.24) is 10.2 Å². The van der Waals surface area contributed by atoms with Gasteiger partial charge in [-0.3, -0.25) is 9.69 Å². The number of hydrogen-bond acceptors (Lipinski definition) is 3. The minimum absolute atomic E-state index is 0.0799. The fraction of sp³-hybridized carbons (Fsp3) is 0.533. The van der Waals surface area contributed by atoms with Gasteiger partial charge in [0.2, 0.25) is 0 Å². The minimum Gasteiger partial charge on any atom is -0.387 e. The molecule has 1 amide bonds. The molecular formula is C15H22ClN3O. The Morgan fingerprint density at radius 3 is 2.80 bits per heavy atom. The first-order valence-corrected chi connectivity index (χ1v) is 7.53. The van der Waals surface area contributed by atoms with Crippen LogP contribution in [-0.2, 0) is 0 Å². The van der Waals surface area contributed by atoms with Crippen molar-refractivity contribution in [2.75, 3.05) is 32.0 Å². The van der Waals surface area contributed by atoms with E-state index in [1.165, 1.54) is 12.8 Å². The number of hydrogen-bond donors (Lipinski definition) is 2. The highest BCUT2D eigenvalue weighted by molar-refractivity contribution is 6.31. The Morgan fingerprint density at radius 1 is 1.45 bits per heavy atom. The van der Waals surface area contributed by atoms with Crippen LogP contribution in [-0.4, -0.2) is 43.5 Å². The molecule has 0 atom stereocenters. The van der Waals surface area contributed by atoms with Gasteiger partial charge in [0, 0.05) is 36.9 Å². The second kappa shape index (κ2) is 6.95. The highest BCUT2D eigenvalue weighted by atomic mass is 35.5. The van der Waals surface area contributed by atoms with Crippen molar-refractivity contribution in [3.63, 3.8) is 0 Å². The SMILES string of the molecule is CCN(CCNC(=O)c1cc(Cl)ccc1NC)C1CC1. The molecule has 0 saturated heterocycles. The van der Waals surface area contributed by atoms with Crippen LogP contribution in [0.4, 0.5) is 5.69 Å². The van der Waals surface area contributed by atoms with E-state index in [-0.39, 0.29) is 5.91 Å². The molecule has 1 fully saturated rings. The van der Waals surface area contributed by atoms with E-state index >= 15 is 0 Å². The van der Waals surface area contributed by atoms with E-state index in [1.54, 1.807) is 19.2 Å². The van der Waals surface area contributed by atoms with Gasteiger partial charge >= 0.3 is 0 Å². The van der Waals surface area contributed by atoms with Gasteiger partial charge in [0.15, 0.2) is 0 Å². The van der Waals surface area contributed by atoms with Crippen LogP contribution in [0.1, 0.15) is 30.1 Å². The molecule has 1 aliphatic rings. The van der Waals surface area contributed by atoms with Gasteiger partial charge in [-0.1, -0.05) is 18.5 Å². The highest BCUT2D eigenvalue weighted by Gasteiger charge is 2.27. The molecule has 0 bridgehead atoms. The Labute approximate surface area is 125 Å². The van der Waals surface area contributed by atoms with Crippen LogP contribution in [0, 0.1) is 0 Å². The Morgan fingerprint density at radius 2 is 2.20 bits per heavy atom. The van der Waals surface area contributed by atoms with Crippen molar-refractivity contribution in [3.05, 3.63) is 28.8 Å². The van der Waals surface area contributed by atoms with Crippen molar-refractivity contribution in [3.8, 4) is 0 Å². The Balaban J connectivity index is 1.89. The Hall–Kier alpha value is -1.26. The summed E-state index contributed by atoms with van der Waals surface area (Å²) in [5.74, 6) is -0.0799. The third kappa shape index (κ3) is 3.87. The quantitative estimate of drug-likeness (QED) is 0.813. The molecule has 110 valence electrons. The molecule has 1 aliphatic carbocycles. The number of anilines is 1. The predicted octanol–water partition coefficient (Wildman–Crippen LogP) is 2.60. The smallest absolute Gasteiger partial charge is 0.253 e. The Bertz CT molecular complexity index is 474. The van der Waals surface area contributed by atoms with Crippen molar-refractivity contribution < 1.29 is 4.79 Å². The molecule has 0 spiro atoms. The van der Waals surface area contributed by atoms with Crippen molar-refractivity contribution >= 4 is 23.2 Å². The number of halogens is 1. The largest absolute Gasteiger partial charge is 0.387 e. The van der Waals surface area contributed by atoms with Crippen LogP contribution in [0.5, 0.6) is 0 Å². The lowest BCUT2D eigenvalue weighted by Crippen LogP contribution is -2.36. The van der Waals surface area contributed by atoms with Crippen molar-refractivity contribution in [2.45, 2.75) is 25.8 Å². The van der Waals surface area contributed by atoms with Gasteiger partial charge < -0.3 is 10.6 Å². The normalized spacial score (nSPS) is 14.4. The van der Waals surface area contributed by atoms with E-state index < -0.39 is 0 Å². The molecule has 0 aliphatic heterocycles. The summed E-state index contributed by atoms with van der Waals surface area (Å²) in [4.78, 5) is 14.6. The lowest BCUT2D eigenvalue weighted by Gasteiger charge is -2.20. The molecule has 0 heterocycles. The summed E-state index contributed by atoms with van der Waals surface area (Å²) < 4.78 is 0. The zero-order valence-electron chi connectivity index (χ0n) is 12.1. The molecule has 0 aromatic heterocycles. The molecule has 0 unspecified atom stereocenters. The molecular weight excluding hydrogens is 274 g/mol. The second-order valence-electron chi connectivity index (χ2n) is 5.06. The van der Waals surface area contributed by atoms with Crippen LogP contribution in [0.15, 0.2) is 18.2 Å². The summed E-state index contributed by atoms with van der Waals surface area (Å²) in [6.45, 7) is 4.77. The second-order valence-corrected chi connectivity index (χ2v) is 5.49. The van der Waals surface area contributed by atoms with E-state index in [1.807, 2.05) is 6.07 Å². The summed E-state index contributed by atoms with van der Waals surface area (Å²) in [6, 6.07) is 6.02. The van der Waals surface area contributed by atoms with Crippen molar-refractivity contribution in [2.24, 2.45) is 0 Å². The summed E-state index contributed by atoms with van der Waals surface area (Å²) in [5.41, 5.74) is 1.39. The number of amides is 1. The van der Waals surface area contributed by atoms with Gasteiger partial charge in [-0.15, -0.1) is 0 Å². The Kier molecular flexibility index (Phi) is 5.26. The van der Waals surface area contributed by atoms with E-state index in [2.05, 4.69) is 22.5 Å². The van der Waals surface area contributed by atoms with Crippen LogP contribution >= 0.6 is 11.6 Å². The fourth-order valence-electron chi connectivity index (χ4n) is 2.37. The highest BCUT2D eigenvalue weighted by Crippen LogP contribution is 2.26. The first-order chi connectivity index (χ1) is 9.65. The number of likely N-dealkylation sites (N-methyl/N-ethyl adjacent to an activating group) is 1. The third-order valence-electron chi connectivity index (χ3n) is 3.65. The fourth-order valence-corrected chi connectivity index (χ4v) is 2.54. The molecule has 20 heavy (non-hydrogen) atoms. The lowest BCUT2D eigenvalue weighted by atomic mass is 10.1. The lowest BCUT2D eigenvalue weighted by molar-refractivity contribution is 0.0949. The first-order valence-electron chi connectivity index (χ1n) is 7.15. The first kappa shape index (κ1) is 15.1. The summed E-state index contributed by atoms with van der Waals surface area (Å²) in [5, 5.41) is 6.55. The zero-order chi connectivity index (χ0) is 14.5. The van der Waals surface area contributed by atoms with Gasteiger partial charge in [0.1, 0.15) is 0 Å². The van der Waals surface area contributed by atoms with E-state index in [0.717, 1.165) is 24.8 Å². The molecule has 1 aromatic carbocycles. The number of rotatable bonds is 7. The average Bonchev–Trinajstić information content (AvgIpc) is 3.28. The molecule has 2 N–H and O–H groups in total. The van der Waals surface area contributed by atoms with E-state index in [0.29, 0.717) is 17.1 Å². The van der Waals surface area contributed by atoms with Crippen LogP contribution < -0.4 is 10.6 Å². The maximum atomic E-state index is 12.2. The number of carbonyl (C=O) groups excluding carboxylic acids is 1. The molecule has 2 rings (SSSR count). The topological polar surface area (TPSA) is 44.4 Å².